The predicted molar refractivity (Wildman–Crippen MR) is 237 cm³/mol. The van der Waals surface area contributed by atoms with Gasteiger partial charge in [-0.25, -0.2) is 9.97 Å². The minimum atomic E-state index is -0.115. The summed E-state index contributed by atoms with van der Waals surface area (Å²) in [6, 6.07) is 56.7. The smallest absolute Gasteiger partial charge is 0.235 e. The Hall–Kier alpha value is -7.30. The van der Waals surface area contributed by atoms with Crippen molar-refractivity contribution in [3.8, 4) is 34.0 Å². The number of nitrogens with zero attached hydrogens (tertiary/aromatic N) is 4. The van der Waals surface area contributed by atoms with Crippen LogP contribution in [0.4, 0.5) is 0 Å². The maximum Gasteiger partial charge on any atom is 0.235 e. The van der Waals surface area contributed by atoms with E-state index in [-0.39, 0.29) is 5.41 Å². The maximum absolute atomic E-state index is 5.50. The molecule has 12 rings (SSSR count). The number of para-hydroxylation sites is 2. The highest BCUT2D eigenvalue weighted by Crippen LogP contribution is 2.41. The van der Waals surface area contributed by atoms with Gasteiger partial charge in [-0.2, -0.15) is 0 Å². The van der Waals surface area contributed by atoms with Crippen molar-refractivity contribution in [3.05, 3.63) is 193 Å². The summed E-state index contributed by atoms with van der Waals surface area (Å²) in [5, 5.41) is 9.67. The molecule has 3 heterocycles. The van der Waals surface area contributed by atoms with Gasteiger partial charge in [0.2, 0.25) is 5.95 Å². The zero-order valence-corrected chi connectivity index (χ0v) is 31.4. The fraction of sp³-hybridized carbons (Fsp3) is 0.0566. The van der Waals surface area contributed by atoms with E-state index in [1.165, 1.54) is 54.3 Å². The SMILES string of the molecule is CC12C=CC=CC1=c1c(n(-c3nc(-c4cccc(-c5ccccc5)c4)c4ccccc4n3)c3ccc(-n4c5ccccc5c5c6ccccc6ccc54)cc13)=CC2. The van der Waals surface area contributed by atoms with Gasteiger partial charge >= 0.3 is 0 Å². The highest BCUT2D eigenvalue weighted by atomic mass is 15.2. The first-order chi connectivity index (χ1) is 28.1. The second-order valence-corrected chi connectivity index (χ2v) is 15.6. The average molecular weight is 729 g/mol. The van der Waals surface area contributed by atoms with E-state index in [4.69, 9.17) is 9.97 Å². The Labute approximate surface area is 329 Å². The quantitative estimate of drug-likeness (QED) is 0.181. The van der Waals surface area contributed by atoms with E-state index in [1.54, 1.807) is 0 Å². The van der Waals surface area contributed by atoms with Crippen LogP contribution in [0.25, 0.3) is 100 Å². The summed E-state index contributed by atoms with van der Waals surface area (Å²) in [6.45, 7) is 2.36. The molecule has 0 amide bonds. The Kier molecular flexibility index (Phi) is 6.79. The van der Waals surface area contributed by atoms with Crippen LogP contribution in [-0.4, -0.2) is 19.1 Å². The molecule has 0 spiro atoms. The van der Waals surface area contributed by atoms with Crippen LogP contribution in [-0.2, 0) is 0 Å². The summed E-state index contributed by atoms with van der Waals surface area (Å²) >= 11 is 0. The topological polar surface area (TPSA) is 35.6 Å². The van der Waals surface area contributed by atoms with Crippen molar-refractivity contribution in [1.82, 2.24) is 19.1 Å². The Balaban J connectivity index is 1.15. The van der Waals surface area contributed by atoms with E-state index < -0.39 is 0 Å². The van der Waals surface area contributed by atoms with Crippen molar-refractivity contribution < 1.29 is 0 Å². The molecule has 3 aromatic heterocycles. The Morgan fingerprint density at radius 2 is 1.28 bits per heavy atom. The van der Waals surface area contributed by atoms with Crippen molar-refractivity contribution in [1.29, 1.82) is 0 Å². The Morgan fingerprint density at radius 3 is 2.19 bits per heavy atom. The first-order valence-electron chi connectivity index (χ1n) is 19.7. The van der Waals surface area contributed by atoms with Crippen molar-refractivity contribution in [2.45, 2.75) is 13.3 Å². The van der Waals surface area contributed by atoms with E-state index in [2.05, 4.69) is 204 Å². The van der Waals surface area contributed by atoms with Gasteiger partial charge in [0.15, 0.2) is 0 Å². The standard InChI is InChI=1S/C53H36N4/c1-53-30-12-11-22-43(53)50-42-33-38(56-45-24-10-8-21-41(45)49-39-19-6-5-16-35(39)25-27-47(49)56)26-28-46(42)57(48(50)29-31-53)52-54-44-23-9-7-20-40(44)51(55-52)37-18-13-17-36(32-37)34-14-3-2-4-15-34/h2-30,32-33H,31H2,1H3. The molecule has 268 valence electrons. The summed E-state index contributed by atoms with van der Waals surface area (Å²) < 4.78 is 4.75. The molecule has 0 fully saturated rings. The fourth-order valence-corrected chi connectivity index (χ4v) is 9.56. The third-order valence-corrected chi connectivity index (χ3v) is 12.3. The molecule has 0 aliphatic heterocycles. The van der Waals surface area contributed by atoms with Crippen molar-refractivity contribution in [2.75, 3.05) is 0 Å². The normalized spacial score (nSPS) is 16.1. The van der Waals surface area contributed by atoms with Gasteiger partial charge in [-0.05, 0) is 76.4 Å². The summed E-state index contributed by atoms with van der Waals surface area (Å²) in [6.07, 6.45) is 12.3. The first-order valence-corrected chi connectivity index (χ1v) is 19.7. The molecule has 57 heavy (non-hydrogen) atoms. The largest absolute Gasteiger partial charge is 0.309 e. The molecule has 0 radical (unpaired) electrons. The summed E-state index contributed by atoms with van der Waals surface area (Å²) in [5.41, 5.74) is 11.1. The number of rotatable bonds is 4. The van der Waals surface area contributed by atoms with Crippen LogP contribution in [0, 0.1) is 5.41 Å². The highest BCUT2D eigenvalue weighted by molar-refractivity contribution is 6.21. The van der Waals surface area contributed by atoms with Gasteiger partial charge in [0.1, 0.15) is 0 Å². The van der Waals surface area contributed by atoms with E-state index in [9.17, 15) is 0 Å². The fourth-order valence-electron chi connectivity index (χ4n) is 9.56. The number of allylic oxidation sites excluding steroid dienone is 4. The third-order valence-electron chi connectivity index (χ3n) is 12.3. The molecule has 2 aliphatic carbocycles. The second kappa shape index (κ2) is 12.1. The summed E-state index contributed by atoms with van der Waals surface area (Å²) in [4.78, 5) is 10.8. The molecule has 0 N–H and O–H groups in total. The molecule has 0 bridgehead atoms. The van der Waals surface area contributed by atoms with Crippen LogP contribution in [0.2, 0.25) is 0 Å². The average Bonchev–Trinajstić information content (AvgIpc) is 3.79. The van der Waals surface area contributed by atoms with E-state index in [0.717, 1.165) is 50.7 Å². The van der Waals surface area contributed by atoms with Crippen LogP contribution in [0.1, 0.15) is 13.3 Å². The van der Waals surface area contributed by atoms with Crippen molar-refractivity contribution >= 4 is 66.0 Å². The van der Waals surface area contributed by atoms with Gasteiger partial charge in [-0.1, -0.05) is 153 Å². The van der Waals surface area contributed by atoms with Crippen LogP contribution < -0.4 is 10.6 Å². The predicted octanol–water partition coefficient (Wildman–Crippen LogP) is 11.6. The van der Waals surface area contributed by atoms with Crippen molar-refractivity contribution in [3.63, 3.8) is 0 Å². The Bertz CT molecular complexity index is 3510. The lowest BCUT2D eigenvalue weighted by Crippen LogP contribution is -2.38. The lowest BCUT2D eigenvalue weighted by molar-refractivity contribution is 0.589. The minimum Gasteiger partial charge on any atom is -0.309 e. The number of aromatic nitrogens is 4. The first kappa shape index (κ1) is 32.0. The number of hydrogen-bond donors (Lipinski definition) is 0. The molecule has 1 unspecified atom stereocenters. The molecule has 7 aromatic carbocycles. The molecule has 2 aliphatic rings. The van der Waals surface area contributed by atoms with Gasteiger partial charge < -0.3 is 4.57 Å². The molecule has 0 saturated carbocycles. The van der Waals surface area contributed by atoms with Gasteiger partial charge in [0, 0.05) is 43.4 Å². The van der Waals surface area contributed by atoms with Gasteiger partial charge in [-0.3, -0.25) is 4.57 Å². The molecule has 0 saturated heterocycles. The van der Waals surface area contributed by atoms with E-state index >= 15 is 0 Å². The molecular weight excluding hydrogens is 693 g/mol. The zero-order chi connectivity index (χ0) is 37.7. The molecule has 10 aromatic rings. The molecule has 4 heteroatoms. The minimum absolute atomic E-state index is 0.115. The van der Waals surface area contributed by atoms with Crippen LogP contribution >= 0.6 is 0 Å². The summed E-state index contributed by atoms with van der Waals surface area (Å²) in [5.74, 6) is 0.673. The number of benzene rings is 7. The third kappa shape index (κ3) is 4.74. The van der Waals surface area contributed by atoms with Gasteiger partial charge in [0.05, 0.1) is 33.1 Å². The van der Waals surface area contributed by atoms with Crippen LogP contribution in [0.3, 0.4) is 0 Å². The number of hydrogen-bond acceptors (Lipinski definition) is 2. The van der Waals surface area contributed by atoms with E-state index in [0.29, 0.717) is 5.95 Å². The Morgan fingerprint density at radius 1 is 0.544 bits per heavy atom. The van der Waals surface area contributed by atoms with Crippen molar-refractivity contribution in [2.24, 2.45) is 5.41 Å². The molecular formula is C53H36N4. The van der Waals surface area contributed by atoms with Gasteiger partial charge in [-0.15, -0.1) is 0 Å². The zero-order valence-electron chi connectivity index (χ0n) is 31.4. The summed E-state index contributed by atoms with van der Waals surface area (Å²) in [7, 11) is 0. The molecule has 1 atom stereocenters. The lowest BCUT2D eigenvalue weighted by Gasteiger charge is -2.30. The molecule has 4 nitrogen and oxygen atoms in total. The van der Waals surface area contributed by atoms with Gasteiger partial charge in [0.25, 0.3) is 0 Å². The maximum atomic E-state index is 5.50. The van der Waals surface area contributed by atoms with E-state index in [1.807, 2.05) is 0 Å². The number of fused-ring (bicyclic) bond motifs is 10. The monoisotopic (exact) mass is 728 g/mol. The van der Waals surface area contributed by atoms with Crippen LogP contribution in [0.5, 0.6) is 0 Å². The second-order valence-electron chi connectivity index (χ2n) is 15.6. The highest BCUT2D eigenvalue weighted by Gasteiger charge is 2.31. The van der Waals surface area contributed by atoms with Crippen LogP contribution in [0.15, 0.2) is 182 Å². The lowest BCUT2D eigenvalue weighted by atomic mass is 9.73.